The lowest BCUT2D eigenvalue weighted by molar-refractivity contribution is -0.121. The van der Waals surface area contributed by atoms with Crippen LogP contribution in [-0.4, -0.2) is 64.4 Å². The van der Waals surface area contributed by atoms with Crippen molar-refractivity contribution in [1.82, 2.24) is 24.4 Å². The molecule has 1 N–H and O–H groups in total. The topological polar surface area (TPSA) is 94.0 Å². The number of ether oxygens (including phenoxy) is 1. The molecule has 0 aliphatic carbocycles. The minimum atomic E-state index is -0.162. The van der Waals surface area contributed by atoms with Crippen LogP contribution in [0, 0.1) is 0 Å². The monoisotopic (exact) mass is 415 g/mol. The lowest BCUT2D eigenvalue weighted by Gasteiger charge is -2.26. The third kappa shape index (κ3) is 4.41. The number of fused-ring (bicyclic) bond motifs is 3. The molecule has 30 heavy (non-hydrogen) atoms. The average molecular weight is 415 g/mol. The smallest absolute Gasteiger partial charge is 0.291 e. The van der Waals surface area contributed by atoms with Crippen molar-refractivity contribution in [2.24, 2.45) is 0 Å². The van der Waals surface area contributed by atoms with Crippen LogP contribution < -0.4 is 10.9 Å². The number of aryl methyl sites for hydroxylation is 2. The Kier molecular flexibility index (Phi) is 6.49. The predicted octanol–water partition coefficient (Wildman–Crippen LogP) is 1.42. The van der Waals surface area contributed by atoms with Gasteiger partial charge in [-0.15, -0.1) is 0 Å². The molecule has 4 heterocycles. The van der Waals surface area contributed by atoms with Gasteiger partial charge in [0.2, 0.25) is 5.91 Å². The van der Waals surface area contributed by atoms with Crippen LogP contribution in [0.5, 0.6) is 0 Å². The molecule has 0 atom stereocenters. The van der Waals surface area contributed by atoms with Gasteiger partial charge in [-0.25, -0.2) is 4.68 Å². The van der Waals surface area contributed by atoms with E-state index in [0.29, 0.717) is 43.5 Å². The summed E-state index contributed by atoms with van der Waals surface area (Å²) in [5.41, 5.74) is 1.93. The standard InChI is InChI=1S/C21H29N5O4/c1-2-19-23-25(21(28)17-15-18-16(26(17)19)6-12-30-18)9-3-5-20(27)22-7-4-8-24-10-13-29-14-11-24/h6,12,15H,2-5,7-11,13-14H2,1H3,(H,22,27). The maximum Gasteiger partial charge on any atom is 0.291 e. The molecule has 1 saturated heterocycles. The molecule has 0 saturated carbocycles. The summed E-state index contributed by atoms with van der Waals surface area (Å²) in [5, 5.41) is 7.49. The quantitative estimate of drug-likeness (QED) is 0.531. The fourth-order valence-electron chi connectivity index (χ4n) is 3.94. The normalized spacial score (nSPS) is 15.2. The van der Waals surface area contributed by atoms with E-state index >= 15 is 0 Å². The number of amides is 1. The van der Waals surface area contributed by atoms with E-state index in [2.05, 4.69) is 15.3 Å². The molecule has 4 rings (SSSR count). The van der Waals surface area contributed by atoms with E-state index in [-0.39, 0.29) is 11.5 Å². The fourth-order valence-corrected chi connectivity index (χ4v) is 3.94. The number of furan rings is 1. The van der Waals surface area contributed by atoms with Crippen LogP contribution in [0.3, 0.4) is 0 Å². The molecule has 1 amide bonds. The third-order valence-electron chi connectivity index (χ3n) is 5.54. The minimum absolute atomic E-state index is 0.0158. The van der Waals surface area contributed by atoms with Crippen molar-refractivity contribution >= 4 is 22.5 Å². The van der Waals surface area contributed by atoms with Crippen molar-refractivity contribution in [3.05, 3.63) is 34.6 Å². The van der Waals surface area contributed by atoms with E-state index in [1.165, 1.54) is 4.68 Å². The van der Waals surface area contributed by atoms with Crippen LogP contribution in [0.25, 0.3) is 16.6 Å². The van der Waals surface area contributed by atoms with E-state index in [1.807, 2.05) is 17.4 Å². The van der Waals surface area contributed by atoms with E-state index in [4.69, 9.17) is 9.15 Å². The van der Waals surface area contributed by atoms with Crippen LogP contribution in [0.2, 0.25) is 0 Å². The Bertz CT molecular complexity index is 1060. The van der Waals surface area contributed by atoms with Gasteiger partial charge in [0.1, 0.15) is 11.3 Å². The van der Waals surface area contributed by atoms with Gasteiger partial charge in [-0.1, -0.05) is 6.92 Å². The number of hydrogen-bond acceptors (Lipinski definition) is 6. The van der Waals surface area contributed by atoms with Gasteiger partial charge < -0.3 is 14.5 Å². The molecule has 1 aliphatic rings. The second-order valence-corrected chi connectivity index (χ2v) is 7.59. The Labute approximate surface area is 174 Å². The molecular weight excluding hydrogens is 386 g/mol. The van der Waals surface area contributed by atoms with Gasteiger partial charge >= 0.3 is 0 Å². The van der Waals surface area contributed by atoms with Crippen molar-refractivity contribution in [3.63, 3.8) is 0 Å². The summed E-state index contributed by atoms with van der Waals surface area (Å²) in [5.74, 6) is 0.815. The first-order valence-electron chi connectivity index (χ1n) is 10.7. The minimum Gasteiger partial charge on any atom is -0.463 e. The van der Waals surface area contributed by atoms with E-state index in [9.17, 15) is 9.59 Å². The zero-order valence-corrected chi connectivity index (χ0v) is 17.4. The van der Waals surface area contributed by atoms with Crippen LogP contribution in [0.1, 0.15) is 32.0 Å². The molecule has 0 aromatic carbocycles. The van der Waals surface area contributed by atoms with Gasteiger partial charge in [0.05, 0.1) is 25.0 Å². The summed E-state index contributed by atoms with van der Waals surface area (Å²) >= 11 is 0. The number of nitrogens with zero attached hydrogens (tertiary/aromatic N) is 4. The first kappa shape index (κ1) is 20.6. The van der Waals surface area contributed by atoms with Crippen molar-refractivity contribution < 1.29 is 13.9 Å². The van der Waals surface area contributed by atoms with Gasteiger partial charge in [0, 0.05) is 51.2 Å². The molecule has 1 aliphatic heterocycles. The van der Waals surface area contributed by atoms with E-state index < -0.39 is 0 Å². The average Bonchev–Trinajstić information content (AvgIpc) is 3.36. The van der Waals surface area contributed by atoms with Crippen LogP contribution in [0.15, 0.2) is 27.6 Å². The Morgan fingerprint density at radius 1 is 1.20 bits per heavy atom. The molecule has 3 aromatic heterocycles. The first-order valence-corrected chi connectivity index (χ1v) is 10.7. The molecule has 0 bridgehead atoms. The molecule has 1 fully saturated rings. The summed E-state index contributed by atoms with van der Waals surface area (Å²) in [6, 6.07) is 3.60. The fraction of sp³-hybridized carbons (Fsp3) is 0.571. The number of morpholine rings is 1. The van der Waals surface area contributed by atoms with Crippen LogP contribution >= 0.6 is 0 Å². The highest BCUT2D eigenvalue weighted by Gasteiger charge is 2.15. The summed E-state index contributed by atoms with van der Waals surface area (Å²) in [6.07, 6.45) is 4.18. The summed E-state index contributed by atoms with van der Waals surface area (Å²) in [7, 11) is 0. The van der Waals surface area contributed by atoms with Gasteiger partial charge in [-0.3, -0.25) is 18.9 Å². The maximum absolute atomic E-state index is 12.8. The maximum atomic E-state index is 12.8. The molecule has 9 nitrogen and oxygen atoms in total. The highest BCUT2D eigenvalue weighted by molar-refractivity contribution is 5.82. The van der Waals surface area contributed by atoms with Gasteiger partial charge in [0.25, 0.3) is 5.56 Å². The largest absolute Gasteiger partial charge is 0.463 e. The van der Waals surface area contributed by atoms with E-state index in [0.717, 1.165) is 50.6 Å². The molecule has 0 spiro atoms. The van der Waals surface area contributed by atoms with Crippen molar-refractivity contribution in [2.45, 2.75) is 39.2 Å². The van der Waals surface area contributed by atoms with Crippen LogP contribution in [-0.2, 0) is 22.5 Å². The molecule has 9 heteroatoms. The Morgan fingerprint density at radius 2 is 2.03 bits per heavy atom. The zero-order valence-electron chi connectivity index (χ0n) is 17.4. The predicted molar refractivity (Wildman–Crippen MR) is 113 cm³/mol. The molecular formula is C21H29N5O4. The number of aromatic nitrogens is 3. The molecule has 162 valence electrons. The second-order valence-electron chi connectivity index (χ2n) is 7.59. The number of nitrogens with one attached hydrogen (secondary N) is 1. The Balaban J connectivity index is 1.28. The first-order chi connectivity index (χ1) is 14.7. The number of hydrogen-bond donors (Lipinski definition) is 1. The number of carbonyl (C=O) groups is 1. The lowest BCUT2D eigenvalue weighted by atomic mass is 10.3. The second kappa shape index (κ2) is 9.44. The summed E-state index contributed by atoms with van der Waals surface area (Å²) in [4.78, 5) is 27.3. The van der Waals surface area contributed by atoms with Crippen molar-refractivity contribution in [1.29, 1.82) is 0 Å². The highest BCUT2D eigenvalue weighted by Crippen LogP contribution is 2.20. The van der Waals surface area contributed by atoms with Crippen molar-refractivity contribution in [2.75, 3.05) is 39.4 Å². The number of carbonyl (C=O) groups excluding carboxylic acids is 1. The summed E-state index contributed by atoms with van der Waals surface area (Å²) < 4.78 is 14.1. The van der Waals surface area contributed by atoms with Gasteiger partial charge in [-0.05, 0) is 19.4 Å². The van der Waals surface area contributed by atoms with E-state index in [1.54, 1.807) is 12.3 Å². The zero-order chi connectivity index (χ0) is 20.9. The summed E-state index contributed by atoms with van der Waals surface area (Å²) in [6.45, 7) is 7.58. The molecule has 0 unspecified atom stereocenters. The van der Waals surface area contributed by atoms with Gasteiger partial charge in [-0.2, -0.15) is 5.10 Å². The molecule has 0 radical (unpaired) electrons. The Morgan fingerprint density at radius 3 is 2.83 bits per heavy atom. The Hall–Kier alpha value is -2.65. The third-order valence-corrected chi connectivity index (χ3v) is 5.54. The number of rotatable bonds is 9. The highest BCUT2D eigenvalue weighted by atomic mass is 16.5. The van der Waals surface area contributed by atoms with Gasteiger partial charge in [0.15, 0.2) is 5.58 Å². The lowest BCUT2D eigenvalue weighted by Crippen LogP contribution is -2.38. The SMILES string of the molecule is CCc1nn(CCCC(=O)NCCCN2CCOCC2)c(=O)c2cc3occc3n12. The molecule has 3 aromatic rings. The van der Waals surface area contributed by atoms with Crippen LogP contribution in [0.4, 0.5) is 0 Å². The van der Waals surface area contributed by atoms with Crippen molar-refractivity contribution in [3.8, 4) is 0 Å².